The first-order valence-corrected chi connectivity index (χ1v) is 5.03. The Kier molecular flexibility index (Phi) is 63.1. The molecule has 0 aliphatic carbocycles. The van der Waals surface area contributed by atoms with Gasteiger partial charge in [-0.3, -0.25) is 19.2 Å². The van der Waals surface area contributed by atoms with Crippen molar-refractivity contribution >= 4 is 23.9 Å². The molecule has 0 aliphatic rings. The van der Waals surface area contributed by atoms with Gasteiger partial charge >= 0.3 is 0 Å². The van der Waals surface area contributed by atoms with Gasteiger partial charge in [0.05, 0.1) is 0 Å². The Hall–Kier alpha value is -1.58. The van der Waals surface area contributed by atoms with Gasteiger partial charge in [-0.15, -0.1) is 0 Å². The molecule has 0 bridgehead atoms. The number of carboxylic acids is 4. The van der Waals surface area contributed by atoms with E-state index in [1.54, 1.807) is 0 Å². The van der Waals surface area contributed by atoms with Crippen molar-refractivity contribution in [2.75, 3.05) is 13.1 Å². The molecule has 0 atom stereocenters. The van der Waals surface area contributed by atoms with Crippen molar-refractivity contribution in [1.29, 1.82) is 0 Å². The van der Waals surface area contributed by atoms with Crippen LogP contribution in [0.25, 0.3) is 0 Å². The predicted molar refractivity (Wildman–Crippen MR) is 71.3 cm³/mol. The smallest absolute Gasteiger partial charge is 0.300 e. The molecule has 11 heteroatoms. The minimum absolute atomic E-state index is 0. The summed E-state index contributed by atoms with van der Waals surface area (Å²) in [5.41, 5.74) is 9.81. The first-order chi connectivity index (χ1) is 8.84. The third-order valence-corrected chi connectivity index (χ3v) is 0.167. The summed E-state index contributed by atoms with van der Waals surface area (Å²) in [7, 11) is 0. The van der Waals surface area contributed by atoms with E-state index in [4.69, 9.17) is 51.1 Å². The standard InChI is InChI=1S/C2H8N2.4C2H4O2.Ru/c3-1-2-4;4*1-2(3)4;/h1-4H2;4*1H3,(H,3,4);. The first-order valence-electron chi connectivity index (χ1n) is 5.03. The maximum absolute atomic E-state index is 9.00. The molecule has 0 rings (SSSR count). The molecular formula is C10H24N2O8Ru. The van der Waals surface area contributed by atoms with Gasteiger partial charge < -0.3 is 31.9 Å². The van der Waals surface area contributed by atoms with E-state index in [-0.39, 0.29) is 19.5 Å². The summed E-state index contributed by atoms with van der Waals surface area (Å²) < 4.78 is 0. The molecule has 0 aliphatic heterocycles. The van der Waals surface area contributed by atoms with Crippen LogP contribution in [0.2, 0.25) is 0 Å². The summed E-state index contributed by atoms with van der Waals surface area (Å²) in [6, 6.07) is 0. The first kappa shape index (κ1) is 36.6. The number of carbonyl (C=O) groups is 4. The van der Waals surface area contributed by atoms with E-state index in [9.17, 15) is 0 Å². The van der Waals surface area contributed by atoms with Crippen LogP contribution in [0.4, 0.5) is 0 Å². The van der Waals surface area contributed by atoms with E-state index in [0.717, 1.165) is 27.7 Å². The molecule has 0 spiro atoms. The summed E-state index contributed by atoms with van der Waals surface area (Å²) in [5, 5.41) is 29.7. The number of hydrogen-bond acceptors (Lipinski definition) is 6. The second kappa shape index (κ2) is 36.2. The molecule has 130 valence electrons. The third-order valence-electron chi connectivity index (χ3n) is 0.167. The van der Waals surface area contributed by atoms with Crippen LogP contribution in [-0.4, -0.2) is 57.4 Å². The van der Waals surface area contributed by atoms with Crippen LogP contribution in [0, 0.1) is 0 Å². The van der Waals surface area contributed by atoms with Gasteiger partial charge in [-0.1, -0.05) is 0 Å². The van der Waals surface area contributed by atoms with Gasteiger partial charge in [0, 0.05) is 60.3 Å². The minimum atomic E-state index is -0.833. The van der Waals surface area contributed by atoms with E-state index in [1.807, 2.05) is 0 Å². The van der Waals surface area contributed by atoms with Crippen LogP contribution in [0.3, 0.4) is 0 Å². The SMILES string of the molecule is CC(=O)O.CC(=O)O.CC(=O)O.CC(=O)O.NCCN.[Ru]. The van der Waals surface area contributed by atoms with Gasteiger partial charge in [-0.05, 0) is 0 Å². The van der Waals surface area contributed by atoms with Crippen LogP contribution < -0.4 is 11.5 Å². The molecule has 0 saturated carbocycles. The fraction of sp³-hybridized carbons (Fsp3) is 0.600. The van der Waals surface area contributed by atoms with Crippen molar-refractivity contribution in [2.45, 2.75) is 27.7 Å². The number of nitrogens with two attached hydrogens (primary N) is 2. The van der Waals surface area contributed by atoms with E-state index in [0.29, 0.717) is 13.1 Å². The zero-order chi connectivity index (χ0) is 17.7. The molecule has 0 aromatic heterocycles. The molecule has 0 amide bonds. The zero-order valence-corrected chi connectivity index (χ0v) is 14.1. The number of carboxylic acid groups (broad SMARTS) is 4. The molecule has 8 N–H and O–H groups in total. The Morgan fingerprint density at radius 1 is 0.619 bits per heavy atom. The average Bonchev–Trinajstić information content (AvgIpc) is 2.13. The molecular weight excluding hydrogens is 377 g/mol. The van der Waals surface area contributed by atoms with Crippen molar-refractivity contribution in [2.24, 2.45) is 11.5 Å². The normalized spacial score (nSPS) is 6.19. The van der Waals surface area contributed by atoms with Gasteiger partial charge in [0.25, 0.3) is 23.9 Å². The van der Waals surface area contributed by atoms with Gasteiger partial charge in [0.15, 0.2) is 0 Å². The molecule has 0 aromatic carbocycles. The van der Waals surface area contributed by atoms with Crippen LogP contribution in [0.1, 0.15) is 27.7 Å². The zero-order valence-electron chi connectivity index (χ0n) is 12.3. The van der Waals surface area contributed by atoms with Crippen molar-refractivity contribution in [3.8, 4) is 0 Å². The quantitative estimate of drug-likeness (QED) is 0.304. The maximum Gasteiger partial charge on any atom is 0.300 e. The van der Waals surface area contributed by atoms with Crippen LogP contribution in [0.5, 0.6) is 0 Å². The van der Waals surface area contributed by atoms with E-state index < -0.39 is 23.9 Å². The molecule has 10 nitrogen and oxygen atoms in total. The largest absolute Gasteiger partial charge is 0.481 e. The van der Waals surface area contributed by atoms with Crippen molar-refractivity contribution in [3.63, 3.8) is 0 Å². The van der Waals surface area contributed by atoms with E-state index in [1.165, 1.54) is 0 Å². The van der Waals surface area contributed by atoms with Crippen LogP contribution >= 0.6 is 0 Å². The Morgan fingerprint density at radius 2 is 0.667 bits per heavy atom. The van der Waals surface area contributed by atoms with Crippen molar-refractivity contribution in [1.82, 2.24) is 0 Å². The van der Waals surface area contributed by atoms with Crippen LogP contribution in [0.15, 0.2) is 0 Å². The fourth-order valence-corrected chi connectivity index (χ4v) is 0. The summed E-state index contributed by atoms with van der Waals surface area (Å²) in [6.07, 6.45) is 0. The van der Waals surface area contributed by atoms with Gasteiger partial charge in [0.2, 0.25) is 0 Å². The fourth-order valence-electron chi connectivity index (χ4n) is 0. The summed E-state index contributed by atoms with van der Waals surface area (Å²) >= 11 is 0. The van der Waals surface area contributed by atoms with Gasteiger partial charge in [-0.25, -0.2) is 0 Å². The maximum atomic E-state index is 9.00. The molecule has 0 saturated heterocycles. The second-order valence-electron chi connectivity index (χ2n) is 2.65. The summed E-state index contributed by atoms with van der Waals surface area (Å²) in [5.74, 6) is -3.33. The summed E-state index contributed by atoms with van der Waals surface area (Å²) in [6.45, 7) is 5.53. The second-order valence-corrected chi connectivity index (χ2v) is 2.65. The third kappa shape index (κ3) is 14900. The Labute approximate surface area is 135 Å². The molecule has 0 unspecified atom stereocenters. The topological polar surface area (TPSA) is 201 Å². The minimum Gasteiger partial charge on any atom is -0.481 e. The number of aliphatic carboxylic acids is 4. The molecule has 0 fully saturated rings. The van der Waals surface area contributed by atoms with Crippen molar-refractivity contribution in [3.05, 3.63) is 0 Å². The average molecular weight is 401 g/mol. The Balaban J connectivity index is -0.0000000331. The number of rotatable bonds is 1. The molecule has 0 aromatic rings. The van der Waals surface area contributed by atoms with Gasteiger partial charge in [0.1, 0.15) is 0 Å². The predicted octanol–water partition coefficient (Wildman–Crippen LogP) is -0.735. The number of hydrogen-bond donors (Lipinski definition) is 6. The monoisotopic (exact) mass is 402 g/mol. The molecule has 0 radical (unpaired) electrons. The van der Waals surface area contributed by atoms with Gasteiger partial charge in [-0.2, -0.15) is 0 Å². The van der Waals surface area contributed by atoms with Crippen molar-refractivity contribution < 1.29 is 59.1 Å². The van der Waals surface area contributed by atoms with Crippen LogP contribution in [-0.2, 0) is 38.7 Å². The Bertz CT molecular complexity index is 195. The Morgan fingerprint density at radius 3 is 0.667 bits per heavy atom. The summed E-state index contributed by atoms with van der Waals surface area (Å²) in [4.78, 5) is 36.0. The van der Waals surface area contributed by atoms with E-state index in [2.05, 4.69) is 0 Å². The van der Waals surface area contributed by atoms with E-state index >= 15 is 0 Å². The molecule has 21 heavy (non-hydrogen) atoms. The molecule has 0 heterocycles.